The van der Waals surface area contributed by atoms with E-state index in [9.17, 15) is 0 Å². The van der Waals surface area contributed by atoms with Crippen LogP contribution in [0.2, 0.25) is 0 Å². The quantitative estimate of drug-likeness (QED) is 0.600. The lowest BCUT2D eigenvalue weighted by Gasteiger charge is -1.97. The van der Waals surface area contributed by atoms with E-state index in [2.05, 4.69) is 12.6 Å². The summed E-state index contributed by atoms with van der Waals surface area (Å²) in [5, 5.41) is 0. The first-order valence-corrected chi connectivity index (χ1v) is 3.05. The molecule has 51 valence electrons. The highest BCUT2D eigenvalue weighted by Gasteiger charge is 1.87. The lowest BCUT2D eigenvalue weighted by Crippen LogP contribution is -1.81. The Morgan fingerprint density at radius 2 is 2.40 bits per heavy atom. The highest BCUT2D eigenvalue weighted by molar-refractivity contribution is 5.47. The summed E-state index contributed by atoms with van der Waals surface area (Å²) < 4.78 is 4.95. The molecule has 0 unspecified atom stereocenters. The van der Waals surface area contributed by atoms with Crippen molar-refractivity contribution < 1.29 is 4.74 Å². The molecule has 0 aromatic heterocycles. The molecule has 0 saturated heterocycles. The molecule has 1 radical (unpaired) electrons. The Hall–Kier alpha value is -1.24. The van der Waals surface area contributed by atoms with Gasteiger partial charge >= 0.3 is 0 Å². The fraction of sp³-hybridized carbons (Fsp3) is 0.111. The van der Waals surface area contributed by atoms with Gasteiger partial charge in [-0.25, -0.2) is 0 Å². The summed E-state index contributed by atoms with van der Waals surface area (Å²) >= 11 is 0. The van der Waals surface area contributed by atoms with Gasteiger partial charge in [0.05, 0.1) is 7.11 Å². The molecule has 1 heteroatoms. The fourth-order valence-corrected chi connectivity index (χ4v) is 0.677. The van der Waals surface area contributed by atoms with Crippen LogP contribution in [0.4, 0.5) is 0 Å². The Bertz CT molecular complexity index is 211. The van der Waals surface area contributed by atoms with E-state index in [0.717, 1.165) is 11.3 Å². The summed E-state index contributed by atoms with van der Waals surface area (Å²) in [4.78, 5) is 0. The van der Waals surface area contributed by atoms with E-state index in [1.807, 2.05) is 12.1 Å². The number of hydrogen-bond donors (Lipinski definition) is 0. The summed E-state index contributed by atoms with van der Waals surface area (Å²) in [5.74, 6) is 0.825. The third kappa shape index (κ3) is 1.38. The third-order valence-corrected chi connectivity index (χ3v) is 1.26. The Morgan fingerprint density at radius 1 is 1.60 bits per heavy atom. The molecule has 1 aromatic rings. The lowest BCUT2D eigenvalue weighted by atomic mass is 10.2. The van der Waals surface area contributed by atoms with Crippen LogP contribution >= 0.6 is 0 Å². The van der Waals surface area contributed by atoms with Crippen LogP contribution in [0.5, 0.6) is 5.75 Å². The van der Waals surface area contributed by atoms with Crippen LogP contribution in [0.25, 0.3) is 6.08 Å². The maximum atomic E-state index is 4.95. The minimum atomic E-state index is 0.825. The van der Waals surface area contributed by atoms with Crippen molar-refractivity contribution >= 4 is 6.08 Å². The number of ether oxygens (including phenoxy) is 1. The first-order chi connectivity index (χ1) is 4.86. The smallest absolute Gasteiger partial charge is 0.119 e. The molecule has 0 spiro atoms. The van der Waals surface area contributed by atoms with Gasteiger partial charge in [0.1, 0.15) is 5.75 Å². The summed E-state index contributed by atoms with van der Waals surface area (Å²) in [5.41, 5.74) is 0.987. The van der Waals surface area contributed by atoms with Gasteiger partial charge < -0.3 is 4.74 Å². The number of benzene rings is 1. The van der Waals surface area contributed by atoms with Crippen molar-refractivity contribution in [3.63, 3.8) is 0 Å². The van der Waals surface area contributed by atoms with Crippen molar-refractivity contribution in [3.05, 3.63) is 36.4 Å². The van der Waals surface area contributed by atoms with Crippen LogP contribution in [-0.4, -0.2) is 7.11 Å². The zero-order valence-corrected chi connectivity index (χ0v) is 5.92. The zero-order chi connectivity index (χ0) is 7.40. The van der Waals surface area contributed by atoms with Crippen molar-refractivity contribution in [3.8, 4) is 5.75 Å². The molecule has 1 nitrogen and oxygen atoms in total. The molecule has 0 atom stereocenters. The standard InChI is InChI=1S/C9H9O/c1-3-8-4-6-9(10-2)7-5-8/h3-4,6-7H,1H2,2H3. The summed E-state index contributed by atoms with van der Waals surface area (Å²) in [7, 11) is 1.64. The van der Waals surface area contributed by atoms with E-state index >= 15 is 0 Å². The van der Waals surface area contributed by atoms with Crippen molar-refractivity contribution in [2.24, 2.45) is 0 Å². The minimum absolute atomic E-state index is 0.825. The average molecular weight is 133 g/mol. The number of rotatable bonds is 2. The van der Waals surface area contributed by atoms with Crippen LogP contribution in [-0.2, 0) is 0 Å². The van der Waals surface area contributed by atoms with Gasteiger partial charge in [-0.1, -0.05) is 18.7 Å². The first kappa shape index (κ1) is 6.87. The van der Waals surface area contributed by atoms with Gasteiger partial charge in [0.15, 0.2) is 0 Å². The Kier molecular flexibility index (Phi) is 2.11. The number of methoxy groups -OCH3 is 1. The molecule has 0 amide bonds. The SMILES string of the molecule is C=Cc1[c]cc(OC)cc1. The molecule has 0 aliphatic carbocycles. The van der Waals surface area contributed by atoms with Crippen molar-refractivity contribution in [2.45, 2.75) is 0 Å². The molecule has 0 aliphatic heterocycles. The highest BCUT2D eigenvalue weighted by atomic mass is 16.5. The largest absolute Gasteiger partial charge is 0.497 e. The second-order valence-corrected chi connectivity index (χ2v) is 1.89. The van der Waals surface area contributed by atoms with E-state index in [1.165, 1.54) is 0 Å². The van der Waals surface area contributed by atoms with Gasteiger partial charge in [-0.05, 0) is 23.8 Å². The minimum Gasteiger partial charge on any atom is -0.497 e. The Balaban J connectivity index is 2.90. The summed E-state index contributed by atoms with van der Waals surface area (Å²) in [6, 6.07) is 8.57. The topological polar surface area (TPSA) is 9.23 Å². The zero-order valence-electron chi connectivity index (χ0n) is 5.92. The molecular weight excluding hydrogens is 124 g/mol. The maximum Gasteiger partial charge on any atom is 0.119 e. The molecule has 1 aromatic carbocycles. The van der Waals surface area contributed by atoms with Crippen LogP contribution in [0.3, 0.4) is 0 Å². The van der Waals surface area contributed by atoms with Gasteiger partial charge in [-0.2, -0.15) is 0 Å². The van der Waals surface area contributed by atoms with Gasteiger partial charge in [-0.3, -0.25) is 0 Å². The van der Waals surface area contributed by atoms with Crippen LogP contribution in [0, 0.1) is 6.07 Å². The first-order valence-electron chi connectivity index (χ1n) is 3.05. The molecular formula is C9H9O. The van der Waals surface area contributed by atoms with Crippen molar-refractivity contribution in [2.75, 3.05) is 7.11 Å². The maximum absolute atomic E-state index is 4.95. The highest BCUT2D eigenvalue weighted by Crippen LogP contribution is 2.10. The van der Waals surface area contributed by atoms with E-state index in [4.69, 9.17) is 4.74 Å². The lowest BCUT2D eigenvalue weighted by molar-refractivity contribution is 0.414. The summed E-state index contributed by atoms with van der Waals surface area (Å²) in [6.45, 7) is 3.61. The molecule has 1 rings (SSSR count). The molecule has 10 heavy (non-hydrogen) atoms. The van der Waals surface area contributed by atoms with Gasteiger partial charge in [0.25, 0.3) is 0 Å². The van der Waals surface area contributed by atoms with Crippen LogP contribution < -0.4 is 4.74 Å². The van der Waals surface area contributed by atoms with E-state index in [0.29, 0.717) is 0 Å². The normalized spacial score (nSPS) is 8.90. The molecule has 0 saturated carbocycles. The predicted molar refractivity (Wildman–Crippen MR) is 41.9 cm³/mol. The van der Waals surface area contributed by atoms with Crippen LogP contribution in [0.1, 0.15) is 5.56 Å². The molecule has 0 bridgehead atoms. The van der Waals surface area contributed by atoms with Crippen LogP contribution in [0.15, 0.2) is 24.8 Å². The molecule has 0 N–H and O–H groups in total. The molecule has 0 aliphatic rings. The summed E-state index contributed by atoms with van der Waals surface area (Å²) in [6.07, 6.45) is 1.75. The Labute approximate surface area is 61.0 Å². The number of hydrogen-bond acceptors (Lipinski definition) is 1. The molecule has 0 fully saturated rings. The van der Waals surface area contributed by atoms with Gasteiger partial charge in [0, 0.05) is 0 Å². The van der Waals surface area contributed by atoms with E-state index < -0.39 is 0 Å². The monoisotopic (exact) mass is 133 g/mol. The predicted octanol–water partition coefficient (Wildman–Crippen LogP) is 2.14. The Morgan fingerprint density at radius 3 is 2.80 bits per heavy atom. The fourth-order valence-electron chi connectivity index (χ4n) is 0.677. The second kappa shape index (κ2) is 3.06. The van der Waals surface area contributed by atoms with E-state index in [1.54, 1.807) is 19.3 Å². The van der Waals surface area contributed by atoms with E-state index in [-0.39, 0.29) is 0 Å². The van der Waals surface area contributed by atoms with Crippen molar-refractivity contribution in [1.29, 1.82) is 0 Å². The second-order valence-electron chi connectivity index (χ2n) is 1.89. The van der Waals surface area contributed by atoms with Gasteiger partial charge in [0.2, 0.25) is 0 Å². The van der Waals surface area contributed by atoms with Gasteiger partial charge in [-0.15, -0.1) is 0 Å². The van der Waals surface area contributed by atoms with Crippen molar-refractivity contribution in [1.82, 2.24) is 0 Å². The average Bonchev–Trinajstić information content (AvgIpc) is 2.05. The molecule has 0 heterocycles. The third-order valence-electron chi connectivity index (χ3n) is 1.26.